The summed E-state index contributed by atoms with van der Waals surface area (Å²) in [5, 5.41) is 9.98. The van der Waals surface area contributed by atoms with E-state index >= 15 is 0 Å². The number of hydrogen-bond acceptors (Lipinski definition) is 8. The molecule has 2 N–H and O–H groups in total. The maximum Gasteiger partial charge on any atom is 0.336 e. The van der Waals surface area contributed by atoms with Crippen LogP contribution in [-0.4, -0.2) is 20.2 Å². The van der Waals surface area contributed by atoms with Crippen molar-refractivity contribution < 1.29 is 28.5 Å². The van der Waals surface area contributed by atoms with Gasteiger partial charge in [-0.3, -0.25) is 0 Å². The molecule has 4 aromatic carbocycles. The van der Waals surface area contributed by atoms with E-state index in [0.717, 1.165) is 22.4 Å². The van der Waals surface area contributed by atoms with E-state index in [-0.39, 0.29) is 17.2 Å². The summed E-state index contributed by atoms with van der Waals surface area (Å²) in [4.78, 5) is 12.5. The molecule has 0 aliphatic carbocycles. The molecule has 8 nitrogen and oxygen atoms in total. The summed E-state index contributed by atoms with van der Waals surface area (Å²) in [6.07, 6.45) is 2.98. The normalized spacial score (nSPS) is 14.0. The molecule has 1 atom stereocenters. The zero-order valence-electron chi connectivity index (χ0n) is 24.0. The lowest BCUT2D eigenvalue weighted by atomic mass is 9.83. The lowest BCUT2D eigenvalue weighted by Crippen LogP contribution is -2.21. The first kappa shape index (κ1) is 28.8. The molecule has 0 saturated heterocycles. The van der Waals surface area contributed by atoms with Gasteiger partial charge in [0, 0.05) is 17.7 Å². The van der Waals surface area contributed by atoms with Crippen molar-refractivity contribution in [3.8, 4) is 34.8 Å². The Hall–Kier alpha value is -5.68. The number of nitrogens with two attached hydrogens (primary N) is 1. The van der Waals surface area contributed by atoms with Crippen LogP contribution in [0.5, 0.6) is 28.7 Å². The third kappa shape index (κ3) is 6.63. The van der Waals surface area contributed by atoms with Crippen LogP contribution in [0, 0.1) is 18.3 Å². The van der Waals surface area contributed by atoms with Crippen molar-refractivity contribution in [2.45, 2.75) is 19.4 Å². The molecule has 8 heteroatoms. The summed E-state index contributed by atoms with van der Waals surface area (Å²) >= 11 is 0. The molecule has 1 unspecified atom stereocenters. The molecule has 0 amide bonds. The molecule has 0 bridgehead atoms. The van der Waals surface area contributed by atoms with Crippen LogP contribution in [-0.2, 0) is 11.4 Å². The fourth-order valence-electron chi connectivity index (χ4n) is 4.70. The third-order valence-electron chi connectivity index (χ3n) is 6.97. The molecule has 1 heterocycles. The Morgan fingerprint density at radius 2 is 1.67 bits per heavy atom. The van der Waals surface area contributed by atoms with Gasteiger partial charge in [-0.2, -0.15) is 5.26 Å². The Morgan fingerprint density at radius 1 is 0.930 bits per heavy atom. The maximum absolute atomic E-state index is 12.5. The van der Waals surface area contributed by atoms with E-state index in [1.165, 1.54) is 11.6 Å². The highest BCUT2D eigenvalue weighted by molar-refractivity contribution is 5.88. The number of esters is 1. The SMILES string of the molecule is COc1ccc(/C=C/C(=O)Oc2ccc3c(c2)OC(N)=C(C#N)C3c2ccc(OCc3ccc(C)cc3)c(OC)c2)cc1. The lowest BCUT2D eigenvalue weighted by molar-refractivity contribution is -0.128. The first-order valence-corrected chi connectivity index (χ1v) is 13.5. The van der Waals surface area contributed by atoms with E-state index in [1.807, 2.05) is 61.5 Å². The van der Waals surface area contributed by atoms with Crippen molar-refractivity contribution in [1.29, 1.82) is 5.26 Å². The molecular weight excluding hydrogens is 544 g/mol. The lowest BCUT2D eigenvalue weighted by Gasteiger charge is -2.27. The third-order valence-corrected chi connectivity index (χ3v) is 6.97. The monoisotopic (exact) mass is 574 g/mol. The Morgan fingerprint density at radius 3 is 2.37 bits per heavy atom. The summed E-state index contributed by atoms with van der Waals surface area (Å²) in [5.41, 5.74) is 10.9. The van der Waals surface area contributed by atoms with Crippen LogP contribution in [0.3, 0.4) is 0 Å². The first-order chi connectivity index (χ1) is 20.9. The van der Waals surface area contributed by atoms with E-state index < -0.39 is 11.9 Å². The highest BCUT2D eigenvalue weighted by Crippen LogP contribution is 2.45. The second-order valence-electron chi connectivity index (χ2n) is 9.84. The summed E-state index contributed by atoms with van der Waals surface area (Å²) in [6, 6.07) is 28.1. The molecule has 0 radical (unpaired) electrons. The van der Waals surface area contributed by atoms with Crippen molar-refractivity contribution >= 4 is 12.0 Å². The van der Waals surface area contributed by atoms with Crippen LogP contribution in [0.15, 0.2) is 102 Å². The fraction of sp³-hybridized carbons (Fsp3) is 0.143. The number of nitrogens with zero attached hydrogens (tertiary/aromatic N) is 1. The minimum atomic E-state index is -0.560. The predicted octanol–water partition coefficient (Wildman–Crippen LogP) is 6.43. The van der Waals surface area contributed by atoms with Crippen LogP contribution in [0.2, 0.25) is 0 Å². The van der Waals surface area contributed by atoms with E-state index in [1.54, 1.807) is 50.6 Å². The van der Waals surface area contributed by atoms with Gasteiger partial charge in [0.1, 0.15) is 35.5 Å². The second kappa shape index (κ2) is 12.9. The predicted molar refractivity (Wildman–Crippen MR) is 162 cm³/mol. The van der Waals surface area contributed by atoms with Crippen molar-refractivity contribution in [3.05, 3.63) is 130 Å². The van der Waals surface area contributed by atoms with Crippen LogP contribution in [0.25, 0.3) is 6.08 Å². The average Bonchev–Trinajstić information content (AvgIpc) is 3.03. The van der Waals surface area contributed by atoms with E-state index in [2.05, 4.69) is 6.07 Å². The molecule has 0 aromatic heterocycles. The molecule has 43 heavy (non-hydrogen) atoms. The molecule has 4 aromatic rings. The van der Waals surface area contributed by atoms with Gasteiger partial charge in [-0.15, -0.1) is 0 Å². The van der Waals surface area contributed by atoms with Crippen LogP contribution in [0.4, 0.5) is 0 Å². The Balaban J connectivity index is 1.36. The minimum Gasteiger partial charge on any atom is -0.497 e. The van der Waals surface area contributed by atoms with Gasteiger partial charge < -0.3 is 29.4 Å². The number of hydrogen-bond donors (Lipinski definition) is 1. The standard InChI is InChI=1S/C35H30N2O6/c1-22-4-6-24(7-5-22)21-41-30-16-11-25(18-32(30)40-3)34-28-15-14-27(19-31(28)43-35(37)29(34)20-36)42-33(38)17-10-23-8-12-26(39-2)13-9-23/h4-19,34H,21,37H2,1-3H3/b17-10+. The first-order valence-electron chi connectivity index (χ1n) is 13.5. The number of ether oxygens (including phenoxy) is 5. The van der Waals surface area contributed by atoms with Crippen LogP contribution in [0.1, 0.15) is 33.7 Å². The Bertz CT molecular complexity index is 1730. The second-order valence-corrected chi connectivity index (χ2v) is 9.84. The largest absolute Gasteiger partial charge is 0.497 e. The maximum atomic E-state index is 12.5. The van der Waals surface area contributed by atoms with E-state index in [0.29, 0.717) is 29.4 Å². The number of fused-ring (bicyclic) bond motifs is 1. The number of methoxy groups -OCH3 is 2. The zero-order valence-corrected chi connectivity index (χ0v) is 24.0. The summed E-state index contributed by atoms with van der Waals surface area (Å²) in [5.74, 6) is 1.34. The van der Waals surface area contributed by atoms with Gasteiger partial charge in [-0.1, -0.05) is 54.1 Å². The fourth-order valence-corrected chi connectivity index (χ4v) is 4.70. The molecular formula is C35H30N2O6. The van der Waals surface area contributed by atoms with Crippen molar-refractivity contribution in [3.63, 3.8) is 0 Å². The number of carbonyl (C=O) groups is 1. The van der Waals surface area contributed by atoms with Crippen molar-refractivity contribution in [2.24, 2.45) is 5.73 Å². The number of allylic oxidation sites excluding steroid dienone is 1. The number of aryl methyl sites for hydroxylation is 1. The molecule has 1 aliphatic heterocycles. The Kier molecular flexibility index (Phi) is 8.63. The minimum absolute atomic E-state index is 0.0263. The van der Waals surface area contributed by atoms with Crippen molar-refractivity contribution in [2.75, 3.05) is 14.2 Å². The highest BCUT2D eigenvalue weighted by atomic mass is 16.5. The highest BCUT2D eigenvalue weighted by Gasteiger charge is 2.31. The molecule has 0 spiro atoms. The van der Waals surface area contributed by atoms with Gasteiger partial charge in [0.25, 0.3) is 0 Å². The van der Waals surface area contributed by atoms with Crippen molar-refractivity contribution in [1.82, 2.24) is 0 Å². The van der Waals surface area contributed by atoms with Gasteiger partial charge in [0.05, 0.1) is 20.1 Å². The number of nitriles is 1. The van der Waals surface area contributed by atoms with Gasteiger partial charge in [-0.05, 0) is 60.0 Å². The van der Waals surface area contributed by atoms with E-state index in [4.69, 9.17) is 29.4 Å². The summed E-state index contributed by atoms with van der Waals surface area (Å²) in [7, 11) is 3.16. The smallest absolute Gasteiger partial charge is 0.336 e. The quantitative estimate of drug-likeness (QED) is 0.138. The Labute approximate surface area is 250 Å². The van der Waals surface area contributed by atoms with E-state index in [9.17, 15) is 10.1 Å². The summed E-state index contributed by atoms with van der Waals surface area (Å²) in [6.45, 7) is 2.41. The van der Waals surface area contributed by atoms with Gasteiger partial charge in [0.2, 0.25) is 5.88 Å². The zero-order chi connectivity index (χ0) is 30.3. The molecule has 0 saturated carbocycles. The number of carbonyl (C=O) groups excluding carboxylic acids is 1. The van der Waals surface area contributed by atoms with Gasteiger partial charge in [0.15, 0.2) is 11.5 Å². The topological polar surface area (TPSA) is 113 Å². The molecule has 0 fully saturated rings. The summed E-state index contributed by atoms with van der Waals surface area (Å²) < 4.78 is 28.1. The molecule has 216 valence electrons. The van der Waals surface area contributed by atoms with Gasteiger partial charge >= 0.3 is 5.97 Å². The van der Waals surface area contributed by atoms with Gasteiger partial charge in [-0.25, -0.2) is 4.79 Å². The molecule has 5 rings (SSSR count). The average molecular weight is 575 g/mol. The van der Waals surface area contributed by atoms with Crippen LogP contribution < -0.4 is 29.4 Å². The number of benzene rings is 4. The molecule has 1 aliphatic rings. The van der Waals surface area contributed by atoms with Crippen LogP contribution >= 0.6 is 0 Å². The number of rotatable bonds is 9.